The Morgan fingerprint density at radius 1 is 1.19 bits per heavy atom. The molecule has 0 radical (unpaired) electrons. The Morgan fingerprint density at radius 3 is 2.70 bits per heavy atom. The molecule has 5 nitrogen and oxygen atoms in total. The van der Waals surface area contributed by atoms with Crippen molar-refractivity contribution >= 4 is 11.6 Å². The molecule has 144 valence electrons. The van der Waals surface area contributed by atoms with E-state index in [1.54, 1.807) is 6.07 Å². The van der Waals surface area contributed by atoms with E-state index in [0.29, 0.717) is 11.3 Å². The molecule has 3 rings (SSSR count). The Labute approximate surface area is 158 Å². The molecule has 6 heteroatoms. The summed E-state index contributed by atoms with van der Waals surface area (Å²) < 4.78 is 13.5. The van der Waals surface area contributed by atoms with Crippen LogP contribution in [0.3, 0.4) is 0 Å². The molecule has 2 aromatic carbocycles. The van der Waals surface area contributed by atoms with Crippen molar-refractivity contribution in [1.82, 2.24) is 4.90 Å². The summed E-state index contributed by atoms with van der Waals surface area (Å²) in [6, 6.07) is 11.6. The monoisotopic (exact) mass is 372 g/mol. The number of nitrogens with one attached hydrogen (secondary N) is 1. The minimum absolute atomic E-state index is 0.146. The van der Waals surface area contributed by atoms with Crippen LogP contribution < -0.4 is 5.32 Å². The molecule has 3 N–H and O–H groups in total. The number of likely N-dealkylation sites (tertiary alicyclic amines) is 1. The van der Waals surface area contributed by atoms with Gasteiger partial charge in [-0.25, -0.2) is 4.39 Å². The molecule has 1 aliphatic heterocycles. The Bertz CT molecular complexity index is 789. The molecule has 0 saturated carbocycles. The number of hydrogen-bond acceptors (Lipinski definition) is 4. The van der Waals surface area contributed by atoms with E-state index < -0.39 is 12.4 Å². The number of piperidine rings is 1. The number of anilines is 1. The predicted octanol–water partition coefficient (Wildman–Crippen LogP) is 2.57. The second-order valence-corrected chi connectivity index (χ2v) is 6.94. The van der Waals surface area contributed by atoms with Crippen molar-refractivity contribution in [3.8, 4) is 0 Å². The third-order valence-electron chi connectivity index (χ3n) is 4.94. The highest BCUT2D eigenvalue weighted by Gasteiger charge is 2.16. The van der Waals surface area contributed by atoms with Gasteiger partial charge in [-0.05, 0) is 55.2 Å². The van der Waals surface area contributed by atoms with Gasteiger partial charge in [0.2, 0.25) is 0 Å². The lowest BCUT2D eigenvalue weighted by atomic mass is 10.0. The number of benzene rings is 2. The summed E-state index contributed by atoms with van der Waals surface area (Å²) in [7, 11) is 0. The fourth-order valence-electron chi connectivity index (χ4n) is 3.28. The van der Waals surface area contributed by atoms with Gasteiger partial charge in [0.25, 0.3) is 5.91 Å². The molecular weight excluding hydrogens is 347 g/mol. The highest BCUT2D eigenvalue weighted by Crippen LogP contribution is 2.17. The third kappa shape index (κ3) is 5.35. The molecule has 1 aliphatic rings. The van der Waals surface area contributed by atoms with Crippen LogP contribution in [0.5, 0.6) is 0 Å². The first kappa shape index (κ1) is 19.5. The van der Waals surface area contributed by atoms with Gasteiger partial charge in [0.05, 0.1) is 12.7 Å². The van der Waals surface area contributed by atoms with Crippen molar-refractivity contribution in [1.29, 1.82) is 0 Å². The van der Waals surface area contributed by atoms with Crippen LogP contribution in [0.15, 0.2) is 42.5 Å². The number of aliphatic hydroxyl groups excluding tert-OH is 2. The Morgan fingerprint density at radius 2 is 1.96 bits per heavy atom. The van der Waals surface area contributed by atoms with Crippen LogP contribution in [0.25, 0.3) is 0 Å². The minimum Gasteiger partial charge on any atom is -0.393 e. The molecular formula is C21H25FN2O3. The van der Waals surface area contributed by atoms with Gasteiger partial charge in [0, 0.05) is 36.4 Å². The van der Waals surface area contributed by atoms with E-state index in [9.17, 15) is 14.3 Å². The van der Waals surface area contributed by atoms with E-state index in [4.69, 9.17) is 5.11 Å². The standard InChI is InChI=1S/C21H25FN2O3/c22-20-5-4-18(13-17(20)14-25)23-21(27)16-3-1-2-15(12-16)6-9-24-10-7-19(26)8-11-24/h1-5,12-13,19,25-26H,6-11,14H2,(H,23,27). The highest BCUT2D eigenvalue weighted by atomic mass is 19.1. The molecule has 1 heterocycles. The second kappa shape index (κ2) is 9.08. The topological polar surface area (TPSA) is 72.8 Å². The molecule has 27 heavy (non-hydrogen) atoms. The zero-order chi connectivity index (χ0) is 19.2. The van der Waals surface area contributed by atoms with E-state index in [-0.39, 0.29) is 17.6 Å². The minimum atomic E-state index is -0.497. The zero-order valence-corrected chi connectivity index (χ0v) is 15.2. The third-order valence-corrected chi connectivity index (χ3v) is 4.94. The molecule has 0 aromatic heterocycles. The maximum atomic E-state index is 13.5. The Hall–Kier alpha value is -2.28. The van der Waals surface area contributed by atoms with E-state index in [1.807, 2.05) is 18.2 Å². The maximum absolute atomic E-state index is 13.5. The van der Waals surface area contributed by atoms with E-state index >= 15 is 0 Å². The molecule has 1 fully saturated rings. The Kier molecular flexibility index (Phi) is 6.55. The van der Waals surface area contributed by atoms with E-state index in [1.165, 1.54) is 18.2 Å². The number of aliphatic hydroxyl groups is 2. The number of nitrogens with zero attached hydrogens (tertiary/aromatic N) is 1. The largest absolute Gasteiger partial charge is 0.393 e. The lowest BCUT2D eigenvalue weighted by Crippen LogP contribution is -2.37. The van der Waals surface area contributed by atoms with Gasteiger partial charge in [-0.3, -0.25) is 4.79 Å². The highest BCUT2D eigenvalue weighted by molar-refractivity contribution is 6.04. The van der Waals surface area contributed by atoms with Crippen molar-refractivity contribution in [2.24, 2.45) is 0 Å². The summed E-state index contributed by atoms with van der Waals surface area (Å²) in [6.45, 7) is 2.28. The number of carbonyl (C=O) groups is 1. The molecule has 0 atom stereocenters. The van der Waals surface area contributed by atoms with Crippen LogP contribution in [0, 0.1) is 5.82 Å². The Balaban J connectivity index is 1.60. The average molecular weight is 372 g/mol. The summed E-state index contributed by atoms with van der Waals surface area (Å²) in [5, 5.41) is 21.5. The summed E-state index contributed by atoms with van der Waals surface area (Å²) in [5.41, 5.74) is 2.20. The molecule has 1 saturated heterocycles. The van der Waals surface area contributed by atoms with Gasteiger partial charge < -0.3 is 20.4 Å². The number of halogens is 1. The van der Waals surface area contributed by atoms with Gasteiger partial charge in [0.15, 0.2) is 0 Å². The number of rotatable bonds is 6. The van der Waals surface area contributed by atoms with Gasteiger partial charge in [-0.15, -0.1) is 0 Å². The summed E-state index contributed by atoms with van der Waals surface area (Å²) in [6.07, 6.45) is 2.29. The lowest BCUT2D eigenvalue weighted by molar-refractivity contribution is 0.0831. The summed E-state index contributed by atoms with van der Waals surface area (Å²) >= 11 is 0. The maximum Gasteiger partial charge on any atom is 0.255 e. The summed E-state index contributed by atoms with van der Waals surface area (Å²) in [4.78, 5) is 14.8. The van der Waals surface area contributed by atoms with Gasteiger partial charge >= 0.3 is 0 Å². The fraction of sp³-hybridized carbons (Fsp3) is 0.381. The second-order valence-electron chi connectivity index (χ2n) is 6.94. The molecule has 0 aliphatic carbocycles. The van der Waals surface area contributed by atoms with Gasteiger partial charge in [0.1, 0.15) is 5.82 Å². The first-order chi connectivity index (χ1) is 13.0. The van der Waals surface area contributed by atoms with Gasteiger partial charge in [-0.2, -0.15) is 0 Å². The van der Waals surface area contributed by atoms with Crippen LogP contribution >= 0.6 is 0 Å². The number of carbonyl (C=O) groups excluding carboxylic acids is 1. The predicted molar refractivity (Wildman–Crippen MR) is 102 cm³/mol. The summed E-state index contributed by atoms with van der Waals surface area (Å²) in [5.74, 6) is -0.767. The van der Waals surface area contributed by atoms with Crippen molar-refractivity contribution in [3.05, 3.63) is 65.0 Å². The van der Waals surface area contributed by atoms with Crippen LogP contribution in [0.2, 0.25) is 0 Å². The zero-order valence-electron chi connectivity index (χ0n) is 15.2. The van der Waals surface area contributed by atoms with E-state index in [0.717, 1.165) is 44.5 Å². The lowest BCUT2D eigenvalue weighted by Gasteiger charge is -2.29. The fourth-order valence-corrected chi connectivity index (χ4v) is 3.28. The molecule has 2 aromatic rings. The van der Waals surface area contributed by atoms with Crippen LogP contribution in [-0.4, -0.2) is 46.8 Å². The van der Waals surface area contributed by atoms with Crippen LogP contribution in [0.1, 0.15) is 34.3 Å². The van der Waals surface area contributed by atoms with Crippen molar-refractivity contribution in [2.45, 2.75) is 32.0 Å². The number of amides is 1. The molecule has 1 amide bonds. The normalized spacial score (nSPS) is 15.7. The van der Waals surface area contributed by atoms with Crippen molar-refractivity contribution in [2.75, 3.05) is 25.0 Å². The van der Waals surface area contributed by atoms with Crippen molar-refractivity contribution in [3.63, 3.8) is 0 Å². The molecule has 0 bridgehead atoms. The van der Waals surface area contributed by atoms with Crippen molar-refractivity contribution < 1.29 is 19.4 Å². The smallest absolute Gasteiger partial charge is 0.255 e. The van der Waals surface area contributed by atoms with Crippen LogP contribution in [-0.2, 0) is 13.0 Å². The van der Waals surface area contributed by atoms with Crippen LogP contribution in [0.4, 0.5) is 10.1 Å². The number of hydrogen-bond donors (Lipinski definition) is 3. The first-order valence-electron chi connectivity index (χ1n) is 9.25. The molecule has 0 spiro atoms. The SMILES string of the molecule is O=C(Nc1ccc(F)c(CO)c1)c1cccc(CCN2CCC(O)CC2)c1. The first-order valence-corrected chi connectivity index (χ1v) is 9.25. The molecule has 0 unspecified atom stereocenters. The quantitative estimate of drug-likeness (QED) is 0.729. The van der Waals surface area contributed by atoms with E-state index in [2.05, 4.69) is 10.2 Å². The van der Waals surface area contributed by atoms with Gasteiger partial charge in [-0.1, -0.05) is 12.1 Å². The average Bonchev–Trinajstić information content (AvgIpc) is 2.69.